The molecule has 1 heterocycles. The first-order valence-electron chi connectivity index (χ1n) is 7.24. The highest BCUT2D eigenvalue weighted by molar-refractivity contribution is 9.10. The number of aliphatic carboxylic acids is 1. The summed E-state index contributed by atoms with van der Waals surface area (Å²) in [6, 6.07) is 13.9. The average Bonchev–Trinajstić information content (AvgIpc) is 2.95. The number of carbonyl (C=O) groups excluding carboxylic acids is 2. The van der Waals surface area contributed by atoms with Crippen LogP contribution in [0.3, 0.4) is 0 Å². The second kappa shape index (κ2) is 7.31. The van der Waals surface area contributed by atoms with Gasteiger partial charge in [0.05, 0.1) is 11.5 Å². The van der Waals surface area contributed by atoms with Crippen LogP contribution in [0.1, 0.15) is 11.1 Å². The number of carboxylic acids is 1. The minimum absolute atomic E-state index is 0.0928. The summed E-state index contributed by atoms with van der Waals surface area (Å²) in [7, 11) is 0. The summed E-state index contributed by atoms with van der Waals surface area (Å²) in [5.74, 6) is -1.44. The first-order chi connectivity index (χ1) is 12.0. The number of carboxylic acid groups (broad SMARTS) is 1. The van der Waals surface area contributed by atoms with Crippen molar-refractivity contribution in [2.75, 3.05) is 6.61 Å². The van der Waals surface area contributed by atoms with Gasteiger partial charge in [-0.2, -0.15) is 0 Å². The number of aliphatic imine (C=N–C) groups is 1. The molecule has 0 radical (unpaired) electrons. The topological polar surface area (TPSA) is 88.0 Å². The van der Waals surface area contributed by atoms with E-state index in [1.165, 1.54) is 6.08 Å². The Morgan fingerprint density at radius 1 is 1.20 bits per heavy atom. The molecule has 2 aromatic carbocycles. The third-order valence-electron chi connectivity index (χ3n) is 3.28. The number of ether oxygens (including phenoxy) is 2. The Hall–Kier alpha value is -2.93. The van der Waals surface area contributed by atoms with Crippen molar-refractivity contribution in [2.45, 2.75) is 0 Å². The van der Waals surface area contributed by atoms with Gasteiger partial charge in [-0.05, 0) is 40.2 Å². The number of para-hydroxylation sites is 1. The molecule has 3 rings (SSSR count). The Balaban J connectivity index is 1.93. The van der Waals surface area contributed by atoms with E-state index in [-0.39, 0.29) is 11.6 Å². The lowest BCUT2D eigenvalue weighted by atomic mass is 10.1. The normalized spacial score (nSPS) is 15.0. The first kappa shape index (κ1) is 16.9. The number of halogens is 1. The second-order valence-corrected chi connectivity index (χ2v) is 5.87. The lowest BCUT2D eigenvalue weighted by Gasteiger charge is -2.09. The molecule has 0 saturated heterocycles. The fraction of sp³-hybridized carbons (Fsp3) is 0.0556. The summed E-state index contributed by atoms with van der Waals surface area (Å²) in [6.07, 6.45) is 1.48. The van der Waals surface area contributed by atoms with Crippen LogP contribution in [0.5, 0.6) is 5.75 Å². The molecule has 0 fully saturated rings. The zero-order valence-electron chi connectivity index (χ0n) is 12.8. The zero-order chi connectivity index (χ0) is 17.8. The van der Waals surface area contributed by atoms with E-state index in [1.54, 1.807) is 36.4 Å². The molecule has 0 aliphatic carbocycles. The first-order valence-corrected chi connectivity index (χ1v) is 8.03. The van der Waals surface area contributed by atoms with Crippen LogP contribution in [-0.4, -0.2) is 24.4 Å². The number of cyclic esters (lactones) is 1. The van der Waals surface area contributed by atoms with E-state index in [0.29, 0.717) is 16.9 Å². The molecule has 0 amide bonds. The molecule has 25 heavy (non-hydrogen) atoms. The van der Waals surface area contributed by atoms with E-state index in [0.717, 1.165) is 4.47 Å². The number of rotatable bonds is 5. The summed E-state index contributed by atoms with van der Waals surface area (Å²) < 4.78 is 11.1. The van der Waals surface area contributed by atoms with Gasteiger partial charge in [0.25, 0.3) is 0 Å². The zero-order valence-corrected chi connectivity index (χ0v) is 14.4. The third kappa shape index (κ3) is 3.95. The molecule has 0 saturated carbocycles. The molecule has 0 atom stereocenters. The van der Waals surface area contributed by atoms with Crippen molar-refractivity contribution in [3.05, 3.63) is 69.8 Å². The highest BCUT2D eigenvalue weighted by atomic mass is 79.9. The van der Waals surface area contributed by atoms with Crippen molar-refractivity contribution in [3.63, 3.8) is 0 Å². The molecule has 0 unspecified atom stereocenters. The Bertz CT molecular complexity index is 904. The van der Waals surface area contributed by atoms with E-state index < -0.39 is 18.5 Å². The van der Waals surface area contributed by atoms with E-state index in [2.05, 4.69) is 20.9 Å². The Morgan fingerprint density at radius 2 is 1.92 bits per heavy atom. The van der Waals surface area contributed by atoms with Crippen molar-refractivity contribution in [3.8, 4) is 5.75 Å². The number of esters is 1. The lowest BCUT2D eigenvalue weighted by molar-refractivity contribution is -0.307. The molecule has 2 aromatic rings. The summed E-state index contributed by atoms with van der Waals surface area (Å²) in [5, 5.41) is 10.6. The standard InChI is InChI=1S/C18H12BrNO5/c19-13-7-3-2-6-12(13)17-20-14(18(23)25-17)9-11-5-1-4-8-15(11)24-10-16(21)22/h1-9H,10H2,(H,21,22)/p-1/b14-9-. The van der Waals surface area contributed by atoms with Gasteiger partial charge in [-0.3, -0.25) is 0 Å². The van der Waals surface area contributed by atoms with Crippen molar-refractivity contribution in [1.29, 1.82) is 0 Å². The Morgan fingerprint density at radius 3 is 2.68 bits per heavy atom. The van der Waals surface area contributed by atoms with Crippen molar-refractivity contribution in [1.82, 2.24) is 0 Å². The van der Waals surface area contributed by atoms with Crippen LogP contribution >= 0.6 is 15.9 Å². The maximum atomic E-state index is 12.1. The van der Waals surface area contributed by atoms with Gasteiger partial charge in [-0.25, -0.2) is 9.79 Å². The summed E-state index contributed by atoms with van der Waals surface area (Å²) in [4.78, 5) is 26.9. The largest absolute Gasteiger partial charge is 0.546 e. The maximum absolute atomic E-state index is 12.1. The lowest BCUT2D eigenvalue weighted by Crippen LogP contribution is -2.29. The Kier molecular flexibility index (Phi) is 4.95. The van der Waals surface area contributed by atoms with Gasteiger partial charge >= 0.3 is 5.97 Å². The van der Waals surface area contributed by atoms with Crippen molar-refractivity contribution < 1.29 is 24.2 Å². The van der Waals surface area contributed by atoms with Gasteiger partial charge in [-0.15, -0.1) is 0 Å². The molecule has 6 nitrogen and oxygen atoms in total. The minimum Gasteiger partial charge on any atom is -0.546 e. The third-order valence-corrected chi connectivity index (χ3v) is 3.97. The molecule has 7 heteroatoms. The predicted octanol–water partition coefficient (Wildman–Crippen LogP) is 1.92. The number of benzene rings is 2. The van der Waals surface area contributed by atoms with Crippen LogP contribution in [0.15, 0.2) is 63.7 Å². The molecule has 0 bridgehead atoms. The average molecular weight is 401 g/mol. The second-order valence-electron chi connectivity index (χ2n) is 5.01. The molecule has 1 aliphatic rings. The van der Waals surface area contributed by atoms with Gasteiger partial charge in [0.15, 0.2) is 5.70 Å². The van der Waals surface area contributed by atoms with Crippen LogP contribution in [0, 0.1) is 0 Å². The number of nitrogens with zero attached hydrogens (tertiary/aromatic N) is 1. The molecule has 0 N–H and O–H groups in total. The van der Waals surface area contributed by atoms with Gasteiger partial charge in [0.1, 0.15) is 12.4 Å². The fourth-order valence-electron chi connectivity index (χ4n) is 2.17. The van der Waals surface area contributed by atoms with Gasteiger partial charge in [-0.1, -0.05) is 30.3 Å². The SMILES string of the molecule is O=C([O-])COc1ccccc1/C=C1\N=C(c2ccccc2Br)OC1=O. The van der Waals surface area contributed by atoms with Crippen LogP contribution in [0.2, 0.25) is 0 Å². The van der Waals surface area contributed by atoms with Gasteiger partial charge in [0, 0.05) is 10.0 Å². The molecule has 0 spiro atoms. The molecular weight excluding hydrogens is 390 g/mol. The van der Waals surface area contributed by atoms with Crippen LogP contribution in [-0.2, 0) is 14.3 Å². The van der Waals surface area contributed by atoms with Gasteiger partial charge in [0.2, 0.25) is 5.90 Å². The molecule has 126 valence electrons. The Labute approximate surface area is 151 Å². The molecular formula is C18H11BrNO5-. The van der Waals surface area contributed by atoms with Crippen LogP contribution in [0.4, 0.5) is 0 Å². The van der Waals surface area contributed by atoms with E-state index >= 15 is 0 Å². The minimum atomic E-state index is -1.34. The van der Waals surface area contributed by atoms with E-state index in [1.807, 2.05) is 12.1 Å². The van der Waals surface area contributed by atoms with Crippen molar-refractivity contribution in [2.24, 2.45) is 4.99 Å². The predicted molar refractivity (Wildman–Crippen MR) is 91.7 cm³/mol. The smallest absolute Gasteiger partial charge is 0.363 e. The summed E-state index contributed by atoms with van der Waals surface area (Å²) in [6.45, 7) is -0.587. The van der Waals surface area contributed by atoms with E-state index in [9.17, 15) is 14.7 Å². The number of carbonyl (C=O) groups is 2. The molecule has 1 aliphatic heterocycles. The maximum Gasteiger partial charge on any atom is 0.363 e. The van der Waals surface area contributed by atoms with E-state index in [4.69, 9.17) is 9.47 Å². The monoisotopic (exact) mass is 400 g/mol. The van der Waals surface area contributed by atoms with Gasteiger partial charge < -0.3 is 19.4 Å². The van der Waals surface area contributed by atoms with Crippen LogP contribution < -0.4 is 9.84 Å². The quantitative estimate of drug-likeness (QED) is 0.565. The highest BCUT2D eigenvalue weighted by Gasteiger charge is 2.25. The number of hydrogen-bond acceptors (Lipinski definition) is 6. The fourth-order valence-corrected chi connectivity index (χ4v) is 2.63. The summed E-state index contributed by atoms with van der Waals surface area (Å²) in [5.41, 5.74) is 1.25. The molecule has 0 aromatic heterocycles. The van der Waals surface area contributed by atoms with Crippen LogP contribution in [0.25, 0.3) is 6.08 Å². The highest BCUT2D eigenvalue weighted by Crippen LogP contribution is 2.26. The number of hydrogen-bond donors (Lipinski definition) is 0. The van der Waals surface area contributed by atoms with Crippen molar-refractivity contribution >= 4 is 39.8 Å². The summed E-state index contributed by atoms with van der Waals surface area (Å²) >= 11 is 3.39.